The van der Waals surface area contributed by atoms with E-state index in [4.69, 9.17) is 0 Å². The maximum Gasteiger partial charge on any atom is 0.129 e. The fraction of sp³-hybridized carbons (Fsp3) is 0.351. The van der Waals surface area contributed by atoms with E-state index in [1.54, 1.807) is 22.4 Å². The molecule has 2 saturated carbocycles. The first-order chi connectivity index (χ1) is 30.2. The molecule has 0 N–H and O–H groups in total. The van der Waals surface area contributed by atoms with Crippen LogP contribution < -0.4 is 14.7 Å². The molecule has 6 atom stereocenters. The number of hydrogen-bond donors (Lipinski definition) is 0. The topological polar surface area (TPSA) is 25.9 Å². The molecule has 2 fully saturated rings. The summed E-state index contributed by atoms with van der Waals surface area (Å²) in [6.45, 7) is 9.63. The normalized spacial score (nSPS) is 28.7. The molecule has 62 heavy (non-hydrogen) atoms. The van der Waals surface area contributed by atoms with Crippen molar-refractivity contribution in [3.05, 3.63) is 149 Å². The van der Waals surface area contributed by atoms with Gasteiger partial charge in [0, 0.05) is 94.7 Å². The van der Waals surface area contributed by atoms with Crippen LogP contribution in [0.15, 0.2) is 110 Å². The molecule has 7 aromatic rings. The zero-order valence-electron chi connectivity index (χ0n) is 36.8. The maximum atomic E-state index is 4.62. The molecule has 3 spiro atoms. The largest absolute Gasteiger partial charge is 0.355 e. The van der Waals surface area contributed by atoms with E-state index < -0.39 is 0 Å². The molecule has 0 bridgehead atoms. The number of aromatic nitrogens is 1. The number of benzene rings is 6. The van der Waals surface area contributed by atoms with Crippen LogP contribution in [0, 0.1) is 5.41 Å². The van der Waals surface area contributed by atoms with Gasteiger partial charge in [-0.05, 0) is 112 Å². The third kappa shape index (κ3) is 3.61. The second-order valence-electron chi connectivity index (χ2n) is 21.2. The van der Waals surface area contributed by atoms with Crippen LogP contribution in [-0.4, -0.2) is 35.7 Å². The van der Waals surface area contributed by atoms with Crippen molar-refractivity contribution in [2.24, 2.45) is 5.41 Å². The van der Waals surface area contributed by atoms with E-state index in [-0.39, 0.29) is 22.7 Å². The fourth-order valence-corrected chi connectivity index (χ4v) is 16.0. The number of nitrogens with zero attached hydrogens (tertiary/aromatic N) is 5. The Bertz CT molecular complexity index is 3240. The monoisotopic (exact) mass is 807 g/mol. The van der Waals surface area contributed by atoms with Gasteiger partial charge in [-0.25, -0.2) is 0 Å². The van der Waals surface area contributed by atoms with Gasteiger partial charge in [-0.2, -0.15) is 0 Å². The fourth-order valence-electron chi connectivity index (χ4n) is 16.0. The molecule has 5 aliphatic heterocycles. The predicted octanol–water partition coefficient (Wildman–Crippen LogP) is 13.1. The number of anilines is 3. The summed E-state index contributed by atoms with van der Waals surface area (Å²) in [4.78, 5) is 16.0. The van der Waals surface area contributed by atoms with Crippen LogP contribution in [0.5, 0.6) is 0 Å². The minimum Gasteiger partial charge on any atom is -0.355 e. The average molecular weight is 808 g/mol. The van der Waals surface area contributed by atoms with Crippen molar-refractivity contribution in [2.45, 2.75) is 107 Å². The van der Waals surface area contributed by atoms with Gasteiger partial charge < -0.3 is 19.6 Å². The van der Waals surface area contributed by atoms with Gasteiger partial charge in [-0.15, -0.1) is 0 Å². The van der Waals surface area contributed by atoms with Crippen molar-refractivity contribution in [3.63, 3.8) is 0 Å². The zero-order valence-corrected chi connectivity index (χ0v) is 36.8. The van der Waals surface area contributed by atoms with Crippen LogP contribution in [0.1, 0.15) is 123 Å². The molecule has 306 valence electrons. The zero-order chi connectivity index (χ0) is 41.3. The molecule has 15 rings (SSSR count). The number of fused-ring (bicyclic) bond motifs is 10. The van der Waals surface area contributed by atoms with Crippen molar-refractivity contribution in [2.75, 3.05) is 28.8 Å². The van der Waals surface area contributed by atoms with E-state index in [2.05, 4.69) is 170 Å². The summed E-state index contributed by atoms with van der Waals surface area (Å²) in [5, 5.41) is 8.12. The molecule has 6 aromatic carbocycles. The van der Waals surface area contributed by atoms with E-state index in [0.717, 1.165) is 0 Å². The Hall–Kier alpha value is -5.81. The van der Waals surface area contributed by atoms with Crippen LogP contribution in [0.2, 0.25) is 0 Å². The van der Waals surface area contributed by atoms with Crippen molar-refractivity contribution in [1.82, 2.24) is 9.88 Å². The maximum absolute atomic E-state index is 4.62. The quantitative estimate of drug-likeness (QED) is 0.131. The van der Waals surface area contributed by atoms with Crippen molar-refractivity contribution < 1.29 is 0 Å². The van der Waals surface area contributed by atoms with Crippen molar-refractivity contribution in [1.29, 1.82) is 0 Å². The highest BCUT2D eigenvalue weighted by Crippen LogP contribution is 2.85. The Balaban J connectivity index is 0.990. The number of hydrogen-bond acceptors (Lipinski definition) is 5. The highest BCUT2D eigenvalue weighted by Gasteiger charge is 2.86. The summed E-state index contributed by atoms with van der Waals surface area (Å²) in [5.41, 5.74) is 19.9. The Morgan fingerprint density at radius 1 is 0.710 bits per heavy atom. The molecule has 6 heterocycles. The van der Waals surface area contributed by atoms with Crippen LogP contribution in [0.3, 0.4) is 0 Å². The second kappa shape index (κ2) is 11.0. The first-order valence-corrected chi connectivity index (χ1v) is 23.6. The smallest absolute Gasteiger partial charge is 0.129 e. The molecule has 5 heteroatoms. The molecule has 8 aliphatic rings. The highest BCUT2D eigenvalue weighted by molar-refractivity contribution is 6.25. The Morgan fingerprint density at radius 2 is 1.50 bits per heavy atom. The van der Waals surface area contributed by atoms with Gasteiger partial charge in [0.1, 0.15) is 11.8 Å². The summed E-state index contributed by atoms with van der Waals surface area (Å²) >= 11 is 0. The van der Waals surface area contributed by atoms with E-state index in [9.17, 15) is 0 Å². The number of pyridine rings is 1. The molecule has 0 saturated heterocycles. The first kappa shape index (κ1) is 34.7. The van der Waals surface area contributed by atoms with E-state index in [0.29, 0.717) is 23.8 Å². The average Bonchev–Trinajstić information content (AvgIpc) is 3.75. The Labute approximate surface area is 364 Å². The van der Waals surface area contributed by atoms with Gasteiger partial charge in [0.05, 0.1) is 22.8 Å². The number of rotatable bonds is 3. The van der Waals surface area contributed by atoms with Crippen molar-refractivity contribution >= 4 is 55.1 Å². The summed E-state index contributed by atoms with van der Waals surface area (Å²) in [5.74, 6) is 1.26. The van der Waals surface area contributed by atoms with E-state index >= 15 is 0 Å². The Morgan fingerprint density at radius 3 is 2.32 bits per heavy atom. The predicted molar refractivity (Wildman–Crippen MR) is 255 cm³/mol. The lowest BCUT2D eigenvalue weighted by Gasteiger charge is -2.62. The minimum absolute atomic E-state index is 0.0111. The minimum atomic E-state index is -0.0111. The van der Waals surface area contributed by atoms with Crippen LogP contribution in [-0.2, 0) is 11.8 Å². The molecular formula is C57H53N5. The van der Waals surface area contributed by atoms with E-state index in [1.165, 1.54) is 121 Å². The molecule has 6 unspecified atom stereocenters. The molecule has 3 aliphatic carbocycles. The standard InChI is InChI=1S/C57H53N5/c1-31(2)36-13-9-14-37(32(3)4)49(36)54-60(6)52-45-26-35-28-58-24-21-33(35)25-44(45)42-16-10-15-41-40-19-22-55-27-34-17-18-43-38-11-7-8-12-39(38)47-29-59(5)57(62(47)51(43)50(34)55)30-56(55,57)23-20-46(40)61(54)53(52)48(41)42/h7-18,21,24-26,28-29,31-32,40,46,54H,19-20,22-23,27,30H2,1-6H3. The second-order valence-corrected chi connectivity index (χ2v) is 21.2. The Kier molecular flexibility index (Phi) is 6.18. The lowest BCUT2D eigenvalue weighted by molar-refractivity contribution is 0.0779. The molecule has 0 radical (unpaired) electrons. The van der Waals surface area contributed by atoms with Gasteiger partial charge in [0.15, 0.2) is 0 Å². The van der Waals surface area contributed by atoms with Crippen molar-refractivity contribution in [3.8, 4) is 11.1 Å². The first-order valence-electron chi connectivity index (χ1n) is 23.6. The third-order valence-corrected chi connectivity index (χ3v) is 18.3. The molecule has 0 amide bonds. The van der Waals surface area contributed by atoms with Gasteiger partial charge in [-0.3, -0.25) is 4.98 Å². The van der Waals surface area contributed by atoms with Gasteiger partial charge in [0.2, 0.25) is 0 Å². The van der Waals surface area contributed by atoms with Gasteiger partial charge in [-0.1, -0.05) is 100 Å². The van der Waals surface area contributed by atoms with Crippen LogP contribution >= 0.6 is 0 Å². The molecular weight excluding hydrogens is 755 g/mol. The summed E-state index contributed by atoms with van der Waals surface area (Å²) < 4.78 is 0. The molecule has 1 aromatic heterocycles. The lowest BCUT2D eigenvalue weighted by atomic mass is 9.48. The van der Waals surface area contributed by atoms with Gasteiger partial charge in [0.25, 0.3) is 0 Å². The summed E-state index contributed by atoms with van der Waals surface area (Å²) in [6.07, 6.45) is 14.0. The summed E-state index contributed by atoms with van der Waals surface area (Å²) in [6, 6.07) is 36.3. The third-order valence-electron chi connectivity index (χ3n) is 18.3. The van der Waals surface area contributed by atoms with Crippen LogP contribution in [0.25, 0.3) is 49.1 Å². The van der Waals surface area contributed by atoms with Crippen LogP contribution in [0.4, 0.5) is 17.1 Å². The van der Waals surface area contributed by atoms with Gasteiger partial charge >= 0.3 is 0 Å². The molecule has 5 nitrogen and oxygen atoms in total. The highest BCUT2D eigenvalue weighted by atomic mass is 15.5. The SMILES string of the molecule is CC(C)c1cccc(C(C)C)c1C1N(C)c2c3c4c(cccc4c4cc5ccncc5cc24)C2CCC45Cc6ccc7c(c64)N4C(=CN(C)C46CC56CCC2N31)c1ccccc1-7. The van der Waals surface area contributed by atoms with E-state index in [1.807, 2.05) is 6.20 Å². The lowest BCUT2D eigenvalue weighted by Crippen LogP contribution is -2.62. The summed E-state index contributed by atoms with van der Waals surface area (Å²) in [7, 11) is 4.85.